The Labute approximate surface area is 128 Å². The lowest BCUT2D eigenvalue weighted by molar-refractivity contribution is 0.0701. The second-order valence-electron chi connectivity index (χ2n) is 4.50. The number of carbonyl (C=O) groups is 1. The smallest absolute Gasteiger partial charge is 0.346 e. The van der Waals surface area contributed by atoms with Gasteiger partial charge in [-0.05, 0) is 19.4 Å². The number of carboxylic acid groups (broad SMARTS) is 1. The van der Waals surface area contributed by atoms with Crippen molar-refractivity contribution in [2.75, 3.05) is 5.32 Å². The molecule has 0 bridgehead atoms. The molecular formula is C13H12N4O2S2. The van der Waals surface area contributed by atoms with Gasteiger partial charge in [-0.1, -0.05) is 0 Å². The lowest BCUT2D eigenvalue weighted by Gasteiger charge is -2.12. The molecule has 0 saturated heterocycles. The molecule has 0 fully saturated rings. The van der Waals surface area contributed by atoms with Crippen LogP contribution in [0.2, 0.25) is 0 Å². The van der Waals surface area contributed by atoms with E-state index in [0.29, 0.717) is 21.1 Å². The van der Waals surface area contributed by atoms with Gasteiger partial charge < -0.3 is 10.4 Å². The first kappa shape index (κ1) is 13.9. The van der Waals surface area contributed by atoms with Crippen LogP contribution in [-0.4, -0.2) is 26.0 Å². The maximum Gasteiger partial charge on any atom is 0.346 e. The van der Waals surface area contributed by atoms with Gasteiger partial charge in [-0.3, -0.25) is 0 Å². The average Bonchev–Trinajstić information content (AvgIpc) is 3.07. The lowest BCUT2D eigenvalue weighted by Crippen LogP contribution is -2.08. The molecule has 108 valence electrons. The Hall–Kier alpha value is -2.06. The molecule has 0 radical (unpaired) electrons. The summed E-state index contributed by atoms with van der Waals surface area (Å²) in [6.45, 7) is 3.78. The molecule has 3 rings (SSSR count). The van der Waals surface area contributed by atoms with Gasteiger partial charge in [-0.15, -0.1) is 22.7 Å². The van der Waals surface area contributed by atoms with E-state index in [1.807, 2.05) is 12.3 Å². The predicted octanol–water partition coefficient (Wildman–Crippen LogP) is 3.33. The maximum absolute atomic E-state index is 11.2. The summed E-state index contributed by atoms with van der Waals surface area (Å²) in [5.74, 6) is -0.293. The molecule has 0 aliphatic heterocycles. The third-order valence-corrected chi connectivity index (χ3v) is 5.24. The molecule has 1 unspecified atom stereocenters. The van der Waals surface area contributed by atoms with E-state index in [9.17, 15) is 9.90 Å². The van der Waals surface area contributed by atoms with Gasteiger partial charge in [0.2, 0.25) is 0 Å². The second-order valence-corrected chi connectivity index (χ2v) is 6.43. The van der Waals surface area contributed by atoms with E-state index in [-0.39, 0.29) is 6.04 Å². The molecule has 0 spiro atoms. The Morgan fingerprint density at radius 1 is 1.38 bits per heavy atom. The largest absolute Gasteiger partial charge is 0.477 e. The maximum atomic E-state index is 11.2. The van der Waals surface area contributed by atoms with Gasteiger partial charge in [-0.25, -0.2) is 19.7 Å². The minimum absolute atomic E-state index is 0.00400. The summed E-state index contributed by atoms with van der Waals surface area (Å²) in [6, 6.07) is -0.00400. The molecule has 2 N–H and O–H groups in total. The number of aromatic nitrogens is 3. The third-order valence-electron chi connectivity index (χ3n) is 3.10. The first-order chi connectivity index (χ1) is 10.1. The number of aryl methyl sites for hydroxylation is 1. The predicted molar refractivity (Wildman–Crippen MR) is 83.3 cm³/mol. The first-order valence-corrected chi connectivity index (χ1v) is 7.91. The highest BCUT2D eigenvalue weighted by Gasteiger charge is 2.19. The number of hydrogen-bond acceptors (Lipinski definition) is 7. The average molecular weight is 320 g/mol. The van der Waals surface area contributed by atoms with Crippen molar-refractivity contribution in [2.24, 2.45) is 0 Å². The number of anilines is 1. The summed E-state index contributed by atoms with van der Waals surface area (Å²) in [5, 5.41) is 16.2. The van der Waals surface area contributed by atoms with Crippen LogP contribution in [0.15, 0.2) is 17.9 Å². The van der Waals surface area contributed by atoms with Crippen molar-refractivity contribution < 1.29 is 9.90 Å². The van der Waals surface area contributed by atoms with E-state index in [1.54, 1.807) is 24.5 Å². The molecule has 0 aliphatic carbocycles. The van der Waals surface area contributed by atoms with Crippen LogP contribution in [0.4, 0.5) is 5.82 Å². The van der Waals surface area contributed by atoms with Gasteiger partial charge in [0.25, 0.3) is 0 Å². The molecule has 6 nitrogen and oxygen atoms in total. The number of nitrogens with one attached hydrogen (secondary N) is 1. The van der Waals surface area contributed by atoms with Gasteiger partial charge in [0.05, 0.1) is 11.4 Å². The lowest BCUT2D eigenvalue weighted by atomic mass is 10.2. The van der Waals surface area contributed by atoms with Gasteiger partial charge in [0, 0.05) is 11.6 Å². The molecule has 8 heteroatoms. The highest BCUT2D eigenvalue weighted by atomic mass is 32.1. The van der Waals surface area contributed by atoms with Crippen molar-refractivity contribution in [3.63, 3.8) is 0 Å². The number of nitrogens with zero attached hydrogens (tertiary/aromatic N) is 3. The van der Waals surface area contributed by atoms with E-state index in [4.69, 9.17) is 0 Å². The van der Waals surface area contributed by atoms with Crippen molar-refractivity contribution in [3.05, 3.63) is 33.4 Å². The fraction of sp³-hybridized carbons (Fsp3) is 0.231. The summed E-state index contributed by atoms with van der Waals surface area (Å²) in [4.78, 5) is 24.9. The zero-order chi connectivity index (χ0) is 15.0. The highest BCUT2D eigenvalue weighted by molar-refractivity contribution is 7.20. The van der Waals surface area contributed by atoms with Crippen LogP contribution in [0.3, 0.4) is 0 Å². The Bertz CT molecular complexity index is 798. The summed E-state index contributed by atoms with van der Waals surface area (Å²) >= 11 is 2.73. The fourth-order valence-electron chi connectivity index (χ4n) is 2.10. The molecule has 3 aromatic rings. The van der Waals surface area contributed by atoms with Crippen LogP contribution >= 0.6 is 22.7 Å². The Morgan fingerprint density at radius 2 is 2.19 bits per heavy atom. The van der Waals surface area contributed by atoms with Crippen molar-refractivity contribution in [3.8, 4) is 0 Å². The number of aromatic carboxylic acids is 1. The normalized spacial score (nSPS) is 12.5. The molecule has 3 heterocycles. The SMILES string of the molecule is Cc1c(C(=O)O)sc2ncnc(NC(C)c3nccs3)c12. The molecule has 0 saturated carbocycles. The zero-order valence-electron chi connectivity index (χ0n) is 11.3. The van der Waals surface area contributed by atoms with Gasteiger partial charge in [0.1, 0.15) is 26.9 Å². The van der Waals surface area contributed by atoms with Crippen LogP contribution in [0, 0.1) is 6.92 Å². The monoisotopic (exact) mass is 320 g/mol. The number of thiazole rings is 1. The van der Waals surface area contributed by atoms with Gasteiger partial charge in [-0.2, -0.15) is 0 Å². The molecule has 0 amide bonds. The van der Waals surface area contributed by atoms with Crippen molar-refractivity contribution in [2.45, 2.75) is 19.9 Å². The summed E-state index contributed by atoms with van der Waals surface area (Å²) in [6.07, 6.45) is 3.20. The van der Waals surface area contributed by atoms with Crippen LogP contribution in [-0.2, 0) is 0 Å². The molecule has 3 aromatic heterocycles. The third kappa shape index (κ3) is 2.47. The van der Waals surface area contributed by atoms with E-state index in [1.165, 1.54) is 17.7 Å². The second kappa shape index (κ2) is 5.38. The van der Waals surface area contributed by atoms with E-state index in [0.717, 1.165) is 10.4 Å². The molecule has 21 heavy (non-hydrogen) atoms. The molecular weight excluding hydrogens is 308 g/mol. The topological polar surface area (TPSA) is 88.0 Å². The van der Waals surface area contributed by atoms with Crippen molar-refractivity contribution in [1.29, 1.82) is 0 Å². The number of rotatable bonds is 4. The number of hydrogen-bond donors (Lipinski definition) is 2. The van der Waals surface area contributed by atoms with E-state index >= 15 is 0 Å². The summed E-state index contributed by atoms with van der Waals surface area (Å²) < 4.78 is 0. The Balaban J connectivity index is 2.04. The van der Waals surface area contributed by atoms with Crippen molar-refractivity contribution in [1.82, 2.24) is 15.0 Å². The van der Waals surface area contributed by atoms with Crippen LogP contribution in [0.25, 0.3) is 10.2 Å². The minimum atomic E-state index is -0.936. The first-order valence-electron chi connectivity index (χ1n) is 6.21. The van der Waals surface area contributed by atoms with Gasteiger partial charge >= 0.3 is 5.97 Å². The Morgan fingerprint density at radius 3 is 2.86 bits per heavy atom. The van der Waals surface area contributed by atoms with E-state index < -0.39 is 5.97 Å². The van der Waals surface area contributed by atoms with Gasteiger partial charge in [0.15, 0.2) is 0 Å². The van der Waals surface area contributed by atoms with Crippen LogP contribution < -0.4 is 5.32 Å². The Kier molecular flexibility index (Phi) is 3.56. The zero-order valence-corrected chi connectivity index (χ0v) is 13.0. The van der Waals surface area contributed by atoms with Crippen molar-refractivity contribution >= 4 is 44.7 Å². The number of thiophene rings is 1. The number of fused-ring (bicyclic) bond motifs is 1. The van der Waals surface area contributed by atoms with Crippen LogP contribution in [0.5, 0.6) is 0 Å². The number of carboxylic acids is 1. The molecule has 0 aliphatic rings. The van der Waals surface area contributed by atoms with E-state index in [2.05, 4.69) is 20.3 Å². The quantitative estimate of drug-likeness (QED) is 0.766. The molecule has 1 atom stereocenters. The summed E-state index contributed by atoms with van der Waals surface area (Å²) in [7, 11) is 0. The fourth-order valence-corrected chi connectivity index (χ4v) is 3.73. The van der Waals surface area contributed by atoms with Crippen LogP contribution in [0.1, 0.15) is 33.2 Å². The highest BCUT2D eigenvalue weighted by Crippen LogP contribution is 2.34. The summed E-state index contributed by atoms with van der Waals surface area (Å²) in [5.41, 5.74) is 0.692. The standard InChI is InChI=1S/C13H12N4O2S2/c1-6-8-10(17-7(2)11-14-3-4-20-11)15-5-16-12(8)21-9(6)13(18)19/h3-5,7H,1-2H3,(H,18,19)(H,15,16,17). The minimum Gasteiger partial charge on any atom is -0.477 e. The molecule has 0 aromatic carbocycles.